The van der Waals surface area contributed by atoms with Crippen molar-refractivity contribution < 1.29 is 9.59 Å². The van der Waals surface area contributed by atoms with Crippen molar-refractivity contribution in [3.8, 4) is 0 Å². The summed E-state index contributed by atoms with van der Waals surface area (Å²) >= 11 is 1.61. The highest BCUT2D eigenvalue weighted by Gasteiger charge is 2.34. The quantitative estimate of drug-likeness (QED) is 0.500. The third kappa shape index (κ3) is 5.80. The van der Waals surface area contributed by atoms with E-state index in [-0.39, 0.29) is 24.4 Å². The smallest absolute Gasteiger partial charge is 0.247 e. The molecular formula is C28H32N4O2S. The molecule has 3 aromatic rings. The van der Waals surface area contributed by atoms with Crippen LogP contribution in [0.1, 0.15) is 59.8 Å². The molecule has 0 bridgehead atoms. The molecule has 0 saturated heterocycles. The zero-order valence-electron chi connectivity index (χ0n) is 19.9. The lowest BCUT2D eigenvalue weighted by atomic mass is 9.94. The molecule has 0 spiro atoms. The summed E-state index contributed by atoms with van der Waals surface area (Å²) in [6.45, 7) is 2.01. The molecule has 5 rings (SSSR count). The Hall–Kier alpha value is -3.03. The monoisotopic (exact) mass is 488 g/mol. The van der Waals surface area contributed by atoms with Crippen LogP contribution >= 0.6 is 11.3 Å². The third-order valence-corrected chi connectivity index (χ3v) is 7.83. The van der Waals surface area contributed by atoms with Gasteiger partial charge in [0, 0.05) is 30.2 Å². The second kappa shape index (κ2) is 11.1. The van der Waals surface area contributed by atoms with Gasteiger partial charge in [0.2, 0.25) is 11.8 Å². The third-order valence-electron chi connectivity index (χ3n) is 6.96. The maximum Gasteiger partial charge on any atom is 0.247 e. The van der Waals surface area contributed by atoms with Crippen molar-refractivity contribution in [2.75, 3.05) is 6.54 Å². The molecule has 0 radical (unpaired) electrons. The Morgan fingerprint density at radius 3 is 2.60 bits per heavy atom. The number of carbonyl (C=O) groups is 2. The van der Waals surface area contributed by atoms with Gasteiger partial charge in [0.25, 0.3) is 0 Å². The number of hydrogen-bond donors (Lipinski definition) is 1. The van der Waals surface area contributed by atoms with E-state index in [2.05, 4.69) is 21.3 Å². The molecule has 2 aliphatic rings. The molecule has 1 aromatic carbocycles. The number of benzene rings is 1. The Labute approximate surface area is 211 Å². The molecule has 1 atom stereocenters. The van der Waals surface area contributed by atoms with Gasteiger partial charge < -0.3 is 10.2 Å². The Kier molecular flexibility index (Phi) is 7.54. The topological polar surface area (TPSA) is 65.5 Å². The number of pyridine rings is 1. The molecule has 35 heavy (non-hydrogen) atoms. The fourth-order valence-electron chi connectivity index (χ4n) is 5.19. The minimum atomic E-state index is -0.671. The summed E-state index contributed by atoms with van der Waals surface area (Å²) in [5, 5.41) is 5.30. The van der Waals surface area contributed by atoms with Crippen LogP contribution in [0.25, 0.3) is 0 Å². The lowest BCUT2D eigenvalue weighted by molar-refractivity contribution is -0.143. The number of hydrogen-bond acceptors (Lipinski definition) is 5. The Morgan fingerprint density at radius 2 is 1.86 bits per heavy atom. The van der Waals surface area contributed by atoms with E-state index in [0.717, 1.165) is 41.8 Å². The predicted molar refractivity (Wildman–Crippen MR) is 137 cm³/mol. The van der Waals surface area contributed by atoms with E-state index < -0.39 is 6.04 Å². The maximum atomic E-state index is 13.9. The average Bonchev–Trinajstić information content (AvgIpc) is 3.54. The van der Waals surface area contributed by atoms with Crippen LogP contribution in [0.2, 0.25) is 0 Å². The lowest BCUT2D eigenvalue weighted by Crippen LogP contribution is -2.48. The predicted octanol–water partition coefficient (Wildman–Crippen LogP) is 4.68. The van der Waals surface area contributed by atoms with E-state index in [1.165, 1.54) is 12.0 Å². The minimum absolute atomic E-state index is 0.0427. The van der Waals surface area contributed by atoms with Crippen molar-refractivity contribution >= 4 is 23.2 Å². The summed E-state index contributed by atoms with van der Waals surface area (Å²) < 4.78 is 0. The number of aromatic nitrogens is 1. The van der Waals surface area contributed by atoms with Gasteiger partial charge in [-0.3, -0.25) is 19.5 Å². The summed E-state index contributed by atoms with van der Waals surface area (Å²) in [6, 6.07) is 17.3. The number of amides is 2. The first-order chi connectivity index (χ1) is 17.2. The van der Waals surface area contributed by atoms with E-state index >= 15 is 0 Å². The van der Waals surface area contributed by atoms with Crippen molar-refractivity contribution in [1.29, 1.82) is 0 Å². The van der Waals surface area contributed by atoms with E-state index in [1.807, 2.05) is 53.9 Å². The van der Waals surface area contributed by atoms with E-state index in [9.17, 15) is 9.59 Å². The fourth-order valence-corrected chi connectivity index (χ4v) is 5.89. The first kappa shape index (κ1) is 23.7. The van der Waals surface area contributed by atoms with Gasteiger partial charge in [-0.2, -0.15) is 0 Å². The largest absolute Gasteiger partial charge is 0.351 e. The number of carbonyl (C=O) groups excluding carboxylic acids is 2. The summed E-state index contributed by atoms with van der Waals surface area (Å²) in [6.07, 6.45) is 7.32. The molecule has 1 N–H and O–H groups in total. The molecule has 7 heteroatoms. The van der Waals surface area contributed by atoms with E-state index in [1.54, 1.807) is 22.4 Å². The summed E-state index contributed by atoms with van der Waals surface area (Å²) in [4.78, 5) is 37.1. The number of nitrogens with one attached hydrogen (secondary N) is 1. The van der Waals surface area contributed by atoms with Gasteiger partial charge >= 0.3 is 0 Å². The van der Waals surface area contributed by atoms with Crippen LogP contribution in [0.4, 0.5) is 0 Å². The first-order valence-electron chi connectivity index (χ1n) is 12.5. The van der Waals surface area contributed by atoms with Gasteiger partial charge in [-0.15, -0.1) is 11.3 Å². The van der Waals surface area contributed by atoms with Crippen molar-refractivity contribution in [2.24, 2.45) is 0 Å². The molecule has 6 nitrogen and oxygen atoms in total. The second-order valence-corrected chi connectivity index (χ2v) is 10.5. The molecule has 1 aliphatic heterocycles. The highest BCUT2D eigenvalue weighted by atomic mass is 32.1. The van der Waals surface area contributed by atoms with E-state index in [4.69, 9.17) is 0 Å². The zero-order valence-corrected chi connectivity index (χ0v) is 20.8. The van der Waals surface area contributed by atoms with Crippen molar-refractivity contribution in [2.45, 2.75) is 63.8 Å². The van der Waals surface area contributed by atoms with Crippen molar-refractivity contribution in [3.05, 3.63) is 87.9 Å². The molecule has 2 aromatic heterocycles. The Bertz CT molecular complexity index is 1100. The van der Waals surface area contributed by atoms with Gasteiger partial charge in [-0.05, 0) is 41.5 Å². The van der Waals surface area contributed by atoms with Crippen LogP contribution in [0.3, 0.4) is 0 Å². The zero-order chi connectivity index (χ0) is 24.0. The Balaban J connectivity index is 1.40. The van der Waals surface area contributed by atoms with Crippen LogP contribution in [0, 0.1) is 0 Å². The molecule has 1 saturated carbocycles. The molecular weight excluding hydrogens is 456 g/mol. The average molecular weight is 489 g/mol. The fraction of sp³-hybridized carbons (Fsp3) is 0.393. The molecule has 1 fully saturated rings. The summed E-state index contributed by atoms with van der Waals surface area (Å²) in [5.41, 5.74) is 3.04. The van der Waals surface area contributed by atoms with Gasteiger partial charge in [0.15, 0.2) is 0 Å². The van der Waals surface area contributed by atoms with Crippen LogP contribution in [0.15, 0.2) is 66.2 Å². The summed E-state index contributed by atoms with van der Waals surface area (Å²) in [5.74, 6) is -0.127. The normalized spacial score (nSPS) is 17.0. The maximum absolute atomic E-state index is 13.9. The van der Waals surface area contributed by atoms with Crippen LogP contribution in [0.5, 0.6) is 0 Å². The molecule has 1 unspecified atom stereocenters. The SMILES string of the molecule is O=C(NC1CCCCC1)C(c1ccccc1)N(Cc1cccs1)C(=O)CN1Cc2cccnc2C1. The lowest BCUT2D eigenvalue weighted by Gasteiger charge is -2.34. The van der Waals surface area contributed by atoms with Crippen LogP contribution < -0.4 is 5.32 Å². The number of nitrogens with zero attached hydrogens (tertiary/aromatic N) is 3. The summed E-state index contributed by atoms with van der Waals surface area (Å²) in [7, 11) is 0. The molecule has 3 heterocycles. The molecule has 2 amide bonds. The van der Waals surface area contributed by atoms with Crippen LogP contribution in [-0.2, 0) is 29.2 Å². The standard InChI is InChI=1S/C28H32N4O2S/c33-26(20-31-17-22-11-7-15-29-25(22)19-31)32(18-24-14-8-16-35-24)27(21-9-3-1-4-10-21)28(34)30-23-12-5-2-6-13-23/h1,3-4,7-11,14-16,23,27H,2,5-6,12-13,17-20H2,(H,30,34). The molecule has 1 aliphatic carbocycles. The minimum Gasteiger partial charge on any atom is -0.351 e. The van der Waals surface area contributed by atoms with Crippen molar-refractivity contribution in [3.63, 3.8) is 0 Å². The Morgan fingerprint density at radius 1 is 1.03 bits per heavy atom. The van der Waals surface area contributed by atoms with Gasteiger partial charge in [-0.25, -0.2) is 0 Å². The highest BCUT2D eigenvalue weighted by Crippen LogP contribution is 2.28. The highest BCUT2D eigenvalue weighted by molar-refractivity contribution is 7.09. The van der Waals surface area contributed by atoms with Crippen molar-refractivity contribution in [1.82, 2.24) is 20.1 Å². The van der Waals surface area contributed by atoms with Gasteiger partial charge in [0.05, 0.1) is 18.8 Å². The number of fused-ring (bicyclic) bond motifs is 1. The second-order valence-electron chi connectivity index (χ2n) is 9.51. The van der Waals surface area contributed by atoms with Crippen LogP contribution in [-0.4, -0.2) is 39.2 Å². The molecule has 182 valence electrons. The first-order valence-corrected chi connectivity index (χ1v) is 13.4. The number of thiophene rings is 1. The van der Waals surface area contributed by atoms with Gasteiger partial charge in [-0.1, -0.05) is 61.7 Å². The number of rotatable bonds is 8. The van der Waals surface area contributed by atoms with Gasteiger partial charge in [0.1, 0.15) is 6.04 Å². The van der Waals surface area contributed by atoms with E-state index in [0.29, 0.717) is 19.6 Å².